The summed E-state index contributed by atoms with van der Waals surface area (Å²) < 4.78 is 16.0. The Bertz CT molecular complexity index is 1190. The molecule has 33 heavy (non-hydrogen) atoms. The van der Waals surface area contributed by atoms with Gasteiger partial charge in [0.25, 0.3) is 0 Å². The number of esters is 1. The van der Waals surface area contributed by atoms with Crippen LogP contribution in [0.2, 0.25) is 0 Å². The number of nitrogens with zero attached hydrogens (tertiary/aromatic N) is 2. The molecule has 6 nitrogen and oxygen atoms in total. The van der Waals surface area contributed by atoms with Crippen molar-refractivity contribution in [1.82, 2.24) is 10.1 Å². The van der Waals surface area contributed by atoms with E-state index in [4.69, 9.17) is 13.7 Å². The molecule has 2 heterocycles. The Morgan fingerprint density at radius 2 is 1.73 bits per heavy atom. The van der Waals surface area contributed by atoms with Crippen molar-refractivity contribution in [2.24, 2.45) is 0 Å². The summed E-state index contributed by atoms with van der Waals surface area (Å²) in [6.07, 6.45) is 3.29. The number of ether oxygens (including phenoxy) is 1. The Morgan fingerprint density at radius 1 is 1.00 bits per heavy atom. The van der Waals surface area contributed by atoms with Gasteiger partial charge in [-0.15, -0.1) is 0 Å². The van der Waals surface area contributed by atoms with E-state index in [2.05, 4.69) is 34.4 Å². The summed E-state index contributed by atoms with van der Waals surface area (Å²) >= 11 is 0. The molecule has 2 aromatic heterocycles. The highest BCUT2D eigenvalue weighted by Gasteiger charge is 2.25. The monoisotopic (exact) mass is 444 g/mol. The molecule has 170 valence electrons. The summed E-state index contributed by atoms with van der Waals surface area (Å²) in [6.45, 7) is 3.78. The SMILES string of the molecule is COC(=O)C(Cc1ccc(CCCc2nc(-c3ccccc3)oc2C)cc1)c1cc(C)on1. The van der Waals surface area contributed by atoms with Crippen molar-refractivity contribution in [2.75, 3.05) is 7.11 Å². The van der Waals surface area contributed by atoms with Crippen molar-refractivity contribution in [1.29, 1.82) is 0 Å². The number of hydrogen-bond acceptors (Lipinski definition) is 6. The van der Waals surface area contributed by atoms with Gasteiger partial charge in [0.15, 0.2) is 0 Å². The smallest absolute Gasteiger partial charge is 0.315 e. The maximum atomic E-state index is 12.3. The van der Waals surface area contributed by atoms with Crippen LogP contribution >= 0.6 is 0 Å². The van der Waals surface area contributed by atoms with Crippen LogP contribution in [0.3, 0.4) is 0 Å². The molecule has 0 saturated heterocycles. The van der Waals surface area contributed by atoms with Crippen LogP contribution in [0, 0.1) is 13.8 Å². The van der Waals surface area contributed by atoms with Gasteiger partial charge in [0.2, 0.25) is 5.89 Å². The number of oxazole rings is 1. The van der Waals surface area contributed by atoms with Gasteiger partial charge in [0.1, 0.15) is 17.4 Å². The lowest BCUT2D eigenvalue weighted by molar-refractivity contribution is -0.142. The molecule has 0 radical (unpaired) electrons. The predicted octanol–water partition coefficient (Wildman–Crippen LogP) is 5.62. The van der Waals surface area contributed by atoms with Crippen LogP contribution in [0.4, 0.5) is 0 Å². The highest BCUT2D eigenvalue weighted by Crippen LogP contribution is 2.24. The fourth-order valence-corrected chi connectivity index (χ4v) is 3.90. The Labute approximate surface area is 193 Å². The highest BCUT2D eigenvalue weighted by atomic mass is 16.5. The lowest BCUT2D eigenvalue weighted by atomic mass is 9.95. The average Bonchev–Trinajstić information content (AvgIpc) is 3.44. The van der Waals surface area contributed by atoms with E-state index in [1.807, 2.05) is 44.2 Å². The first-order valence-corrected chi connectivity index (χ1v) is 11.1. The number of rotatable bonds is 9. The van der Waals surface area contributed by atoms with Gasteiger partial charge >= 0.3 is 5.97 Å². The maximum Gasteiger partial charge on any atom is 0.315 e. The first-order valence-electron chi connectivity index (χ1n) is 11.1. The largest absolute Gasteiger partial charge is 0.468 e. The summed E-state index contributed by atoms with van der Waals surface area (Å²) in [7, 11) is 1.39. The van der Waals surface area contributed by atoms with E-state index < -0.39 is 5.92 Å². The normalized spacial score (nSPS) is 12.0. The van der Waals surface area contributed by atoms with Crippen LogP contribution in [-0.2, 0) is 28.8 Å². The van der Waals surface area contributed by atoms with E-state index in [-0.39, 0.29) is 5.97 Å². The molecule has 0 amide bonds. The number of hydrogen-bond donors (Lipinski definition) is 0. The zero-order valence-corrected chi connectivity index (χ0v) is 19.2. The average molecular weight is 445 g/mol. The van der Waals surface area contributed by atoms with Crippen molar-refractivity contribution >= 4 is 5.97 Å². The first kappa shape index (κ1) is 22.5. The lowest BCUT2D eigenvalue weighted by Gasteiger charge is -2.12. The molecule has 0 N–H and O–H groups in total. The number of aryl methyl sites for hydroxylation is 4. The van der Waals surface area contributed by atoms with Gasteiger partial charge in [0, 0.05) is 11.6 Å². The molecular weight excluding hydrogens is 416 g/mol. The second-order valence-electron chi connectivity index (χ2n) is 8.20. The first-order chi connectivity index (χ1) is 16.0. The van der Waals surface area contributed by atoms with Crippen molar-refractivity contribution < 1.29 is 18.5 Å². The van der Waals surface area contributed by atoms with E-state index in [9.17, 15) is 4.79 Å². The molecule has 0 aliphatic heterocycles. The minimum absolute atomic E-state index is 0.315. The van der Waals surface area contributed by atoms with Crippen molar-refractivity contribution in [3.63, 3.8) is 0 Å². The van der Waals surface area contributed by atoms with E-state index >= 15 is 0 Å². The summed E-state index contributed by atoms with van der Waals surface area (Å²) in [5.74, 6) is 1.43. The van der Waals surface area contributed by atoms with Crippen molar-refractivity contribution in [3.8, 4) is 11.5 Å². The fraction of sp³-hybridized carbons (Fsp3) is 0.296. The third kappa shape index (κ3) is 5.58. The molecule has 2 aromatic carbocycles. The Hall–Kier alpha value is -3.67. The van der Waals surface area contributed by atoms with Crippen LogP contribution < -0.4 is 0 Å². The van der Waals surface area contributed by atoms with Crippen LogP contribution in [0.25, 0.3) is 11.5 Å². The van der Waals surface area contributed by atoms with Crippen molar-refractivity contribution in [3.05, 3.63) is 94.7 Å². The third-order valence-corrected chi connectivity index (χ3v) is 5.74. The zero-order chi connectivity index (χ0) is 23.2. The molecule has 0 bridgehead atoms. The third-order valence-electron chi connectivity index (χ3n) is 5.74. The summed E-state index contributed by atoms with van der Waals surface area (Å²) in [5, 5.41) is 4.01. The molecule has 4 aromatic rings. The van der Waals surface area contributed by atoms with Crippen LogP contribution in [-0.4, -0.2) is 23.2 Å². The number of carbonyl (C=O) groups is 1. The van der Waals surface area contributed by atoms with Gasteiger partial charge in [-0.1, -0.05) is 47.6 Å². The van der Waals surface area contributed by atoms with Gasteiger partial charge < -0.3 is 13.7 Å². The molecule has 1 unspecified atom stereocenters. The quantitative estimate of drug-likeness (QED) is 0.312. The summed E-state index contributed by atoms with van der Waals surface area (Å²) in [4.78, 5) is 17.0. The molecule has 0 aliphatic rings. The number of methoxy groups -OCH3 is 1. The Kier molecular flexibility index (Phi) is 7.03. The molecule has 0 fully saturated rings. The molecule has 1 atom stereocenters. The van der Waals surface area contributed by atoms with E-state index in [1.165, 1.54) is 12.7 Å². The second kappa shape index (κ2) is 10.3. The van der Waals surface area contributed by atoms with Gasteiger partial charge in [-0.3, -0.25) is 4.79 Å². The zero-order valence-electron chi connectivity index (χ0n) is 19.2. The molecule has 6 heteroatoms. The number of aromatic nitrogens is 2. The van der Waals surface area contributed by atoms with Crippen LogP contribution in [0.15, 0.2) is 69.6 Å². The minimum Gasteiger partial charge on any atom is -0.468 e. The lowest BCUT2D eigenvalue weighted by Crippen LogP contribution is -2.17. The van der Waals surface area contributed by atoms with E-state index in [0.29, 0.717) is 23.8 Å². The highest BCUT2D eigenvalue weighted by molar-refractivity contribution is 5.77. The molecular formula is C27H28N2O4. The van der Waals surface area contributed by atoms with Gasteiger partial charge in [0.05, 0.1) is 18.5 Å². The standard InChI is InChI=1S/C27H28N2O4/c1-18-16-25(29-33-18)23(27(30)31-3)17-21-14-12-20(13-15-21)8-7-11-24-19(2)32-26(28-24)22-9-5-4-6-10-22/h4-6,9-10,12-16,23H,7-8,11,17H2,1-3H3. The van der Waals surface area contributed by atoms with Crippen LogP contribution in [0.1, 0.15) is 46.4 Å². The second-order valence-corrected chi connectivity index (χ2v) is 8.20. The van der Waals surface area contributed by atoms with E-state index in [0.717, 1.165) is 41.8 Å². The number of benzene rings is 2. The Morgan fingerprint density at radius 3 is 2.39 bits per heavy atom. The fourth-order valence-electron chi connectivity index (χ4n) is 3.90. The molecule has 0 spiro atoms. The topological polar surface area (TPSA) is 78.4 Å². The maximum absolute atomic E-state index is 12.3. The van der Waals surface area contributed by atoms with Crippen molar-refractivity contribution in [2.45, 2.75) is 45.4 Å². The predicted molar refractivity (Wildman–Crippen MR) is 125 cm³/mol. The van der Waals surface area contributed by atoms with E-state index in [1.54, 1.807) is 6.07 Å². The Balaban J connectivity index is 1.34. The summed E-state index contributed by atoms with van der Waals surface area (Å²) in [6, 6.07) is 20.1. The van der Waals surface area contributed by atoms with Gasteiger partial charge in [-0.2, -0.15) is 0 Å². The minimum atomic E-state index is -0.479. The molecule has 4 rings (SSSR count). The van der Waals surface area contributed by atoms with Gasteiger partial charge in [-0.25, -0.2) is 4.98 Å². The molecule has 0 saturated carbocycles. The number of carbonyl (C=O) groups excluding carboxylic acids is 1. The summed E-state index contributed by atoms with van der Waals surface area (Å²) in [5.41, 5.74) is 4.90. The van der Waals surface area contributed by atoms with Gasteiger partial charge in [-0.05, 0) is 62.8 Å². The van der Waals surface area contributed by atoms with Crippen LogP contribution in [0.5, 0.6) is 0 Å². The molecule has 0 aliphatic carbocycles.